The first-order valence-corrected chi connectivity index (χ1v) is 11.3. The number of rotatable bonds is 7. The Morgan fingerprint density at radius 1 is 1.03 bits per heavy atom. The number of carbonyl (C=O) groups is 3. The van der Waals surface area contributed by atoms with Crippen molar-refractivity contribution >= 4 is 33.6 Å². The highest BCUT2D eigenvalue weighted by Gasteiger charge is 2.31. The molecule has 3 N–H and O–H groups in total. The summed E-state index contributed by atoms with van der Waals surface area (Å²) in [4.78, 5) is 40.5. The van der Waals surface area contributed by atoms with Gasteiger partial charge >= 0.3 is 5.97 Å². The number of aliphatic imine (C=N–C) groups is 1. The Morgan fingerprint density at radius 2 is 1.74 bits per heavy atom. The molecular formula is C21H22N4O8S. The summed E-state index contributed by atoms with van der Waals surface area (Å²) in [6.45, 7) is 0.698. The largest absolute Gasteiger partial charge is 0.493 e. The fraction of sp³-hybridized carbons (Fsp3) is 0.238. The average Bonchev–Trinajstić information content (AvgIpc) is 3.09. The SMILES string of the molecule is COc1ccc(C(=O)NNC(=O)COC(=O)[C@H](C)N=C2NS(=O)(=O)c3ccccc32)cc1OC. The number of amidine groups is 1. The number of hydrogen-bond donors (Lipinski definition) is 3. The van der Waals surface area contributed by atoms with E-state index >= 15 is 0 Å². The first-order chi connectivity index (χ1) is 16.2. The Morgan fingerprint density at radius 3 is 2.44 bits per heavy atom. The topological polar surface area (TPSA) is 161 Å². The predicted octanol–water partition coefficient (Wildman–Crippen LogP) is 0.135. The molecule has 34 heavy (non-hydrogen) atoms. The highest BCUT2D eigenvalue weighted by Crippen LogP contribution is 2.27. The first-order valence-electron chi connectivity index (χ1n) is 9.84. The molecule has 180 valence electrons. The second-order valence-corrected chi connectivity index (χ2v) is 8.59. The molecule has 0 saturated heterocycles. The molecule has 2 aromatic rings. The fourth-order valence-corrected chi connectivity index (χ4v) is 4.18. The highest BCUT2D eigenvalue weighted by atomic mass is 32.2. The number of ether oxygens (including phenoxy) is 3. The van der Waals surface area contributed by atoms with E-state index < -0.39 is 40.5 Å². The van der Waals surface area contributed by atoms with Gasteiger partial charge in [0.2, 0.25) is 0 Å². The Hall–Kier alpha value is -4.13. The Balaban J connectivity index is 1.52. The monoisotopic (exact) mass is 490 g/mol. The zero-order valence-corrected chi connectivity index (χ0v) is 19.3. The van der Waals surface area contributed by atoms with Crippen molar-refractivity contribution in [3.63, 3.8) is 0 Å². The van der Waals surface area contributed by atoms with Crippen molar-refractivity contribution in [3.05, 3.63) is 53.6 Å². The van der Waals surface area contributed by atoms with Crippen LogP contribution in [0.15, 0.2) is 52.4 Å². The number of amides is 2. The minimum Gasteiger partial charge on any atom is -0.493 e. The second-order valence-electron chi connectivity index (χ2n) is 6.94. The van der Waals surface area contributed by atoms with Gasteiger partial charge in [-0.3, -0.25) is 30.2 Å². The molecule has 0 aliphatic carbocycles. The van der Waals surface area contributed by atoms with Gasteiger partial charge < -0.3 is 14.2 Å². The number of hydrazine groups is 1. The molecule has 13 heteroatoms. The van der Waals surface area contributed by atoms with Gasteiger partial charge in [-0.15, -0.1) is 0 Å². The van der Waals surface area contributed by atoms with Crippen molar-refractivity contribution in [2.45, 2.75) is 17.9 Å². The van der Waals surface area contributed by atoms with Crippen LogP contribution in [0.1, 0.15) is 22.8 Å². The van der Waals surface area contributed by atoms with Gasteiger partial charge in [-0.2, -0.15) is 0 Å². The fourth-order valence-electron chi connectivity index (χ4n) is 2.95. The third kappa shape index (κ3) is 5.43. The van der Waals surface area contributed by atoms with E-state index in [2.05, 4.69) is 20.6 Å². The number of benzene rings is 2. The molecule has 0 unspecified atom stereocenters. The Labute approximate surface area is 195 Å². The van der Waals surface area contributed by atoms with E-state index in [1.807, 2.05) is 0 Å². The van der Waals surface area contributed by atoms with Crippen LogP contribution >= 0.6 is 0 Å². The molecule has 1 atom stereocenters. The summed E-state index contributed by atoms with van der Waals surface area (Å²) < 4.78 is 41.6. The lowest BCUT2D eigenvalue weighted by Gasteiger charge is -2.11. The summed E-state index contributed by atoms with van der Waals surface area (Å²) in [6, 6.07) is 9.51. The molecule has 3 rings (SSSR count). The molecule has 0 bridgehead atoms. The zero-order chi connectivity index (χ0) is 24.9. The van der Waals surface area contributed by atoms with Gasteiger partial charge in [0, 0.05) is 11.1 Å². The quantitative estimate of drug-likeness (QED) is 0.365. The lowest BCUT2D eigenvalue weighted by molar-refractivity contribution is -0.149. The molecule has 0 spiro atoms. The van der Waals surface area contributed by atoms with Gasteiger partial charge in [0.25, 0.3) is 21.8 Å². The number of sulfonamides is 1. The maximum atomic E-state index is 12.2. The molecule has 1 aliphatic rings. The maximum absolute atomic E-state index is 12.2. The number of fused-ring (bicyclic) bond motifs is 1. The lowest BCUT2D eigenvalue weighted by atomic mass is 10.2. The van der Waals surface area contributed by atoms with E-state index in [0.29, 0.717) is 17.1 Å². The van der Waals surface area contributed by atoms with Crippen LogP contribution in [0.5, 0.6) is 11.5 Å². The zero-order valence-electron chi connectivity index (χ0n) is 18.4. The van der Waals surface area contributed by atoms with Crippen molar-refractivity contribution in [2.24, 2.45) is 4.99 Å². The van der Waals surface area contributed by atoms with Crippen LogP contribution in [0.3, 0.4) is 0 Å². The van der Waals surface area contributed by atoms with E-state index in [4.69, 9.17) is 14.2 Å². The number of hydrogen-bond acceptors (Lipinski definition) is 9. The van der Waals surface area contributed by atoms with E-state index in [0.717, 1.165) is 0 Å². The Kier molecular flexibility index (Phi) is 7.36. The summed E-state index contributed by atoms with van der Waals surface area (Å²) in [7, 11) is -0.877. The Bertz CT molecular complexity index is 1260. The van der Waals surface area contributed by atoms with Gasteiger partial charge in [0.05, 0.1) is 19.1 Å². The molecule has 0 radical (unpaired) electrons. The number of carbonyl (C=O) groups excluding carboxylic acids is 3. The van der Waals surface area contributed by atoms with E-state index in [1.54, 1.807) is 18.2 Å². The number of esters is 1. The molecule has 0 saturated carbocycles. The molecule has 2 amide bonds. The van der Waals surface area contributed by atoms with Gasteiger partial charge in [0.15, 0.2) is 18.1 Å². The summed E-state index contributed by atoms with van der Waals surface area (Å²) >= 11 is 0. The number of nitrogens with zero attached hydrogens (tertiary/aromatic N) is 1. The van der Waals surface area contributed by atoms with Gasteiger partial charge in [0.1, 0.15) is 11.9 Å². The molecule has 0 aromatic heterocycles. The molecule has 12 nitrogen and oxygen atoms in total. The third-order valence-electron chi connectivity index (χ3n) is 4.63. The van der Waals surface area contributed by atoms with Crippen molar-refractivity contribution in [3.8, 4) is 11.5 Å². The summed E-state index contributed by atoms with van der Waals surface area (Å²) in [5, 5.41) is 0. The first kappa shape index (κ1) is 24.5. The number of methoxy groups -OCH3 is 2. The predicted molar refractivity (Wildman–Crippen MR) is 119 cm³/mol. The second kappa shape index (κ2) is 10.2. The van der Waals surface area contributed by atoms with E-state index in [-0.39, 0.29) is 16.3 Å². The molecular weight excluding hydrogens is 468 g/mol. The molecule has 1 aliphatic heterocycles. The van der Waals surface area contributed by atoms with Crippen molar-refractivity contribution in [2.75, 3.05) is 20.8 Å². The molecule has 1 heterocycles. The van der Waals surface area contributed by atoms with Crippen molar-refractivity contribution in [1.82, 2.24) is 15.6 Å². The lowest BCUT2D eigenvalue weighted by Crippen LogP contribution is -2.44. The van der Waals surface area contributed by atoms with Gasteiger partial charge in [-0.05, 0) is 37.3 Å². The minimum absolute atomic E-state index is 0.00619. The smallest absolute Gasteiger partial charge is 0.331 e. The van der Waals surface area contributed by atoms with Gasteiger partial charge in [-0.1, -0.05) is 12.1 Å². The van der Waals surface area contributed by atoms with Crippen molar-refractivity contribution in [1.29, 1.82) is 0 Å². The van der Waals surface area contributed by atoms with Crippen LogP contribution < -0.4 is 25.0 Å². The van der Waals surface area contributed by atoms with Crippen LogP contribution in [0, 0.1) is 0 Å². The molecule has 0 fully saturated rings. The summed E-state index contributed by atoms with van der Waals surface area (Å²) in [6.07, 6.45) is 0. The standard InChI is InChI=1S/C21H22N4O8S/c1-12(22-19-14-6-4-5-7-17(14)34(29,30)25-19)21(28)33-11-18(26)23-24-20(27)13-8-9-15(31-2)16(10-13)32-3/h4-10,12H,11H2,1-3H3,(H,22,25)(H,23,26)(H,24,27)/t12-/m0/s1. The normalized spacial score (nSPS) is 15.4. The minimum atomic E-state index is -3.75. The molecule has 2 aromatic carbocycles. The average molecular weight is 490 g/mol. The van der Waals surface area contributed by atoms with Crippen LogP contribution in [-0.4, -0.2) is 58.9 Å². The highest BCUT2D eigenvalue weighted by molar-refractivity contribution is 7.90. The van der Waals surface area contributed by atoms with Crippen molar-refractivity contribution < 1.29 is 37.0 Å². The van der Waals surface area contributed by atoms with Gasteiger partial charge in [-0.25, -0.2) is 13.2 Å². The van der Waals surface area contributed by atoms with E-state index in [9.17, 15) is 22.8 Å². The van der Waals surface area contributed by atoms with E-state index in [1.165, 1.54) is 45.4 Å². The van der Waals surface area contributed by atoms with Crippen LogP contribution in [0.25, 0.3) is 0 Å². The summed E-state index contributed by atoms with van der Waals surface area (Å²) in [5.74, 6) is -1.52. The van der Waals surface area contributed by atoms with Crippen LogP contribution in [-0.2, 0) is 24.3 Å². The van der Waals surface area contributed by atoms with Crippen LogP contribution in [0.2, 0.25) is 0 Å². The maximum Gasteiger partial charge on any atom is 0.331 e. The number of nitrogens with one attached hydrogen (secondary N) is 3. The van der Waals surface area contributed by atoms with Crippen LogP contribution in [0.4, 0.5) is 0 Å². The summed E-state index contributed by atoms with van der Waals surface area (Å²) in [5.41, 5.74) is 4.84. The third-order valence-corrected chi connectivity index (χ3v) is 6.03.